The Morgan fingerprint density at radius 2 is 1.54 bits per heavy atom. The van der Waals surface area contributed by atoms with Crippen LogP contribution in [0, 0.1) is 0 Å². The number of imidazole rings is 1. The molecule has 0 fully saturated rings. The van der Waals surface area contributed by atoms with Gasteiger partial charge in [0.05, 0.1) is 12.5 Å². The zero-order valence-corrected chi connectivity index (χ0v) is 14.4. The van der Waals surface area contributed by atoms with E-state index >= 15 is 0 Å². The number of aromatic nitrogens is 2. The fourth-order valence-corrected chi connectivity index (χ4v) is 2.71. The molecule has 122 valence electrons. The van der Waals surface area contributed by atoms with E-state index < -0.39 is 0 Å². The summed E-state index contributed by atoms with van der Waals surface area (Å²) < 4.78 is 1.91. The first-order chi connectivity index (χ1) is 11.7. The van der Waals surface area contributed by atoms with E-state index in [1.165, 1.54) is 11.1 Å². The van der Waals surface area contributed by atoms with Gasteiger partial charge in [0.25, 0.3) is 0 Å². The van der Waals surface area contributed by atoms with Gasteiger partial charge < -0.3 is 14.8 Å². The molecule has 24 heavy (non-hydrogen) atoms. The molecule has 2 aromatic carbocycles. The molecule has 0 atom stereocenters. The van der Waals surface area contributed by atoms with Gasteiger partial charge in [0.15, 0.2) is 5.11 Å². The molecule has 1 heterocycles. The molecule has 0 aliphatic heterocycles. The lowest BCUT2D eigenvalue weighted by Crippen LogP contribution is -2.34. The molecule has 0 spiro atoms. The maximum absolute atomic E-state index is 5.66. The van der Waals surface area contributed by atoms with Gasteiger partial charge >= 0.3 is 0 Å². The second-order valence-electron chi connectivity index (χ2n) is 5.65. The standard InChI is InChI=1S/C19H20N4S/c1-22-15-20-12-18(22)21-19(24)23(13-16-8-4-2-5-9-16)14-17-10-6-3-7-11-17/h2-12,15H,13-14H2,1H3,(H,21,24). The number of benzene rings is 2. The van der Waals surface area contributed by atoms with Crippen molar-refractivity contribution in [1.82, 2.24) is 14.5 Å². The number of nitrogens with zero attached hydrogens (tertiary/aromatic N) is 3. The molecule has 5 heteroatoms. The molecule has 0 radical (unpaired) electrons. The van der Waals surface area contributed by atoms with Crippen molar-refractivity contribution >= 4 is 23.1 Å². The van der Waals surface area contributed by atoms with Crippen molar-refractivity contribution in [1.29, 1.82) is 0 Å². The first kappa shape index (κ1) is 16.2. The van der Waals surface area contributed by atoms with Gasteiger partial charge in [-0.05, 0) is 23.3 Å². The highest BCUT2D eigenvalue weighted by molar-refractivity contribution is 7.80. The topological polar surface area (TPSA) is 33.1 Å². The summed E-state index contributed by atoms with van der Waals surface area (Å²) in [5.74, 6) is 0.881. The van der Waals surface area contributed by atoms with Crippen molar-refractivity contribution in [2.45, 2.75) is 13.1 Å². The van der Waals surface area contributed by atoms with Gasteiger partial charge in [0.2, 0.25) is 0 Å². The fraction of sp³-hybridized carbons (Fsp3) is 0.158. The molecule has 1 aromatic heterocycles. The van der Waals surface area contributed by atoms with E-state index in [0.29, 0.717) is 5.11 Å². The second kappa shape index (κ2) is 7.75. The number of aryl methyl sites for hydroxylation is 1. The van der Waals surface area contributed by atoms with Crippen molar-refractivity contribution in [3.63, 3.8) is 0 Å². The van der Waals surface area contributed by atoms with E-state index in [2.05, 4.69) is 39.5 Å². The molecule has 0 amide bonds. The minimum atomic E-state index is 0.686. The van der Waals surface area contributed by atoms with E-state index in [1.807, 2.05) is 48.0 Å². The van der Waals surface area contributed by atoms with Gasteiger partial charge in [0, 0.05) is 20.1 Å². The molecule has 4 nitrogen and oxygen atoms in total. The predicted octanol–water partition coefficient (Wildman–Crippen LogP) is 3.82. The lowest BCUT2D eigenvalue weighted by atomic mass is 10.2. The van der Waals surface area contributed by atoms with Crippen LogP contribution in [0.4, 0.5) is 5.82 Å². The highest BCUT2D eigenvalue weighted by atomic mass is 32.1. The van der Waals surface area contributed by atoms with E-state index in [9.17, 15) is 0 Å². The van der Waals surface area contributed by atoms with Crippen LogP contribution in [0.3, 0.4) is 0 Å². The minimum Gasteiger partial charge on any atom is -0.340 e. The number of nitrogens with one attached hydrogen (secondary N) is 1. The maximum Gasteiger partial charge on any atom is 0.175 e. The summed E-state index contributed by atoms with van der Waals surface area (Å²) in [5, 5.41) is 3.98. The van der Waals surface area contributed by atoms with Crippen molar-refractivity contribution < 1.29 is 0 Å². The molecule has 3 rings (SSSR count). The van der Waals surface area contributed by atoms with Crippen LogP contribution >= 0.6 is 12.2 Å². The summed E-state index contributed by atoms with van der Waals surface area (Å²) >= 11 is 5.66. The van der Waals surface area contributed by atoms with Gasteiger partial charge in [-0.2, -0.15) is 0 Å². The van der Waals surface area contributed by atoms with Crippen LogP contribution in [0.5, 0.6) is 0 Å². The third-order valence-electron chi connectivity index (χ3n) is 3.77. The Kier molecular flexibility index (Phi) is 5.23. The molecule has 0 saturated heterocycles. The molecular formula is C19H20N4S. The van der Waals surface area contributed by atoms with Crippen molar-refractivity contribution in [3.05, 3.63) is 84.3 Å². The van der Waals surface area contributed by atoms with Crippen LogP contribution in [-0.4, -0.2) is 19.6 Å². The van der Waals surface area contributed by atoms with Crippen LogP contribution < -0.4 is 5.32 Å². The Labute approximate surface area is 147 Å². The average Bonchev–Trinajstić information content (AvgIpc) is 3.01. The van der Waals surface area contributed by atoms with Crippen molar-refractivity contribution in [2.75, 3.05) is 5.32 Å². The zero-order valence-electron chi connectivity index (χ0n) is 13.6. The highest BCUT2D eigenvalue weighted by Crippen LogP contribution is 2.13. The zero-order chi connectivity index (χ0) is 16.8. The molecule has 0 bridgehead atoms. The summed E-state index contributed by atoms with van der Waals surface area (Å²) in [6, 6.07) is 20.7. The van der Waals surface area contributed by atoms with Gasteiger partial charge in [-0.25, -0.2) is 4.98 Å². The van der Waals surface area contributed by atoms with Crippen LogP contribution in [0.25, 0.3) is 0 Å². The number of rotatable bonds is 5. The van der Waals surface area contributed by atoms with Crippen LogP contribution in [0.1, 0.15) is 11.1 Å². The predicted molar refractivity (Wildman–Crippen MR) is 102 cm³/mol. The van der Waals surface area contributed by atoms with E-state index in [4.69, 9.17) is 12.2 Å². The summed E-state index contributed by atoms with van der Waals surface area (Å²) in [6.45, 7) is 1.50. The minimum absolute atomic E-state index is 0.686. The monoisotopic (exact) mass is 336 g/mol. The summed E-state index contributed by atoms with van der Waals surface area (Å²) in [7, 11) is 1.94. The third-order valence-corrected chi connectivity index (χ3v) is 4.13. The Morgan fingerprint density at radius 1 is 1.00 bits per heavy atom. The van der Waals surface area contributed by atoms with Gasteiger partial charge in [-0.1, -0.05) is 60.7 Å². The molecule has 3 aromatic rings. The summed E-state index contributed by atoms with van der Waals surface area (Å²) in [5.41, 5.74) is 2.45. The number of hydrogen-bond acceptors (Lipinski definition) is 2. The van der Waals surface area contributed by atoms with Crippen molar-refractivity contribution in [3.8, 4) is 0 Å². The number of hydrogen-bond donors (Lipinski definition) is 1. The van der Waals surface area contributed by atoms with Crippen molar-refractivity contribution in [2.24, 2.45) is 7.05 Å². The number of thiocarbonyl (C=S) groups is 1. The maximum atomic E-state index is 5.66. The Hall–Kier alpha value is -2.66. The molecular weight excluding hydrogens is 316 g/mol. The Balaban J connectivity index is 1.78. The Morgan fingerprint density at radius 3 is 2.00 bits per heavy atom. The lowest BCUT2D eigenvalue weighted by Gasteiger charge is -2.26. The fourth-order valence-electron chi connectivity index (χ4n) is 2.47. The number of anilines is 1. The molecule has 0 saturated carbocycles. The quantitative estimate of drug-likeness (QED) is 0.718. The SMILES string of the molecule is Cn1cncc1NC(=S)N(Cc1ccccc1)Cc1ccccc1. The van der Waals surface area contributed by atoms with E-state index in [-0.39, 0.29) is 0 Å². The smallest absolute Gasteiger partial charge is 0.175 e. The lowest BCUT2D eigenvalue weighted by molar-refractivity contribution is 0.412. The molecule has 0 unspecified atom stereocenters. The first-order valence-corrected chi connectivity index (χ1v) is 8.23. The normalized spacial score (nSPS) is 10.4. The first-order valence-electron chi connectivity index (χ1n) is 7.82. The van der Waals surface area contributed by atoms with Gasteiger partial charge in [-0.3, -0.25) is 0 Å². The molecule has 0 aliphatic carbocycles. The van der Waals surface area contributed by atoms with Crippen LogP contribution in [0.15, 0.2) is 73.2 Å². The summed E-state index contributed by atoms with van der Waals surface area (Å²) in [6.07, 6.45) is 3.53. The largest absolute Gasteiger partial charge is 0.340 e. The van der Waals surface area contributed by atoms with Gasteiger partial charge in [0.1, 0.15) is 5.82 Å². The Bertz CT molecular complexity index is 742. The van der Waals surface area contributed by atoms with Gasteiger partial charge in [-0.15, -0.1) is 0 Å². The summed E-state index contributed by atoms with van der Waals surface area (Å²) in [4.78, 5) is 6.28. The second-order valence-corrected chi connectivity index (χ2v) is 6.03. The third kappa shape index (κ3) is 4.20. The highest BCUT2D eigenvalue weighted by Gasteiger charge is 2.12. The van der Waals surface area contributed by atoms with Crippen LogP contribution in [-0.2, 0) is 20.1 Å². The molecule has 0 aliphatic rings. The van der Waals surface area contributed by atoms with E-state index in [1.54, 1.807) is 12.5 Å². The van der Waals surface area contributed by atoms with Crippen LogP contribution in [0.2, 0.25) is 0 Å². The average molecular weight is 336 g/mol. The molecule has 1 N–H and O–H groups in total. The van der Waals surface area contributed by atoms with E-state index in [0.717, 1.165) is 18.9 Å².